The van der Waals surface area contributed by atoms with Crippen molar-refractivity contribution < 1.29 is 17.9 Å². The molecule has 10 heteroatoms. The van der Waals surface area contributed by atoms with E-state index in [1.807, 2.05) is 13.0 Å². The van der Waals surface area contributed by atoms with Gasteiger partial charge in [0, 0.05) is 5.69 Å². The Morgan fingerprint density at radius 1 is 0.935 bits per heavy atom. The first-order valence-corrected chi connectivity index (χ1v) is 11.5. The fraction of sp³-hybridized carbons (Fsp3) is 0.0952. The first-order valence-electron chi connectivity index (χ1n) is 8.91. The average Bonchev–Trinajstić information content (AvgIpc) is 2.70. The number of sulfonamides is 1. The van der Waals surface area contributed by atoms with Crippen LogP contribution in [0.4, 0.5) is 11.4 Å². The molecule has 0 aromatic heterocycles. The molecule has 0 fully saturated rings. The summed E-state index contributed by atoms with van der Waals surface area (Å²) in [6, 6.07) is 15.6. The van der Waals surface area contributed by atoms with Crippen molar-refractivity contribution in [1.82, 2.24) is 0 Å². The summed E-state index contributed by atoms with van der Waals surface area (Å²) in [5, 5.41) is 3.33. The smallest absolute Gasteiger partial charge is 0.262 e. The van der Waals surface area contributed by atoms with E-state index in [0.29, 0.717) is 17.1 Å². The van der Waals surface area contributed by atoms with Gasteiger partial charge < -0.3 is 10.1 Å². The number of halogens is 3. The van der Waals surface area contributed by atoms with Gasteiger partial charge in [0.25, 0.3) is 15.9 Å². The lowest BCUT2D eigenvalue weighted by Gasteiger charge is -2.11. The van der Waals surface area contributed by atoms with Crippen molar-refractivity contribution in [2.45, 2.75) is 11.8 Å². The molecule has 0 aliphatic carbocycles. The van der Waals surface area contributed by atoms with Gasteiger partial charge in [0.1, 0.15) is 5.75 Å². The van der Waals surface area contributed by atoms with Crippen LogP contribution in [0.3, 0.4) is 0 Å². The van der Waals surface area contributed by atoms with Crippen LogP contribution < -0.4 is 14.8 Å². The van der Waals surface area contributed by atoms with Gasteiger partial charge in [-0.15, -0.1) is 0 Å². The number of ether oxygens (including phenoxy) is 1. The molecule has 0 atom stereocenters. The summed E-state index contributed by atoms with van der Waals surface area (Å²) in [6.07, 6.45) is 0. The number of benzene rings is 3. The molecule has 0 aliphatic rings. The number of anilines is 2. The highest BCUT2D eigenvalue weighted by Gasteiger charge is 2.15. The second-order valence-corrected chi connectivity index (χ2v) is 9.43. The van der Waals surface area contributed by atoms with E-state index in [9.17, 15) is 13.2 Å². The quantitative estimate of drug-likeness (QED) is 0.404. The maximum Gasteiger partial charge on any atom is 0.262 e. The minimum atomic E-state index is -3.75. The van der Waals surface area contributed by atoms with Crippen LogP contribution >= 0.6 is 34.8 Å². The average molecular weight is 500 g/mol. The third-order valence-electron chi connectivity index (χ3n) is 4.06. The van der Waals surface area contributed by atoms with Crippen LogP contribution in [0.15, 0.2) is 65.6 Å². The molecule has 3 rings (SSSR count). The maximum absolute atomic E-state index is 12.5. The third kappa shape index (κ3) is 6.27. The fourth-order valence-electron chi connectivity index (χ4n) is 2.59. The molecule has 0 radical (unpaired) electrons. The molecule has 3 aromatic carbocycles. The van der Waals surface area contributed by atoms with Crippen LogP contribution in [0.1, 0.15) is 5.56 Å². The van der Waals surface area contributed by atoms with Gasteiger partial charge in [0.2, 0.25) is 0 Å². The number of hydrogen-bond donors (Lipinski definition) is 2. The first kappa shape index (κ1) is 23.2. The largest absolute Gasteiger partial charge is 0.484 e. The highest BCUT2D eigenvalue weighted by molar-refractivity contribution is 7.92. The fourth-order valence-corrected chi connectivity index (χ4v) is 4.23. The van der Waals surface area contributed by atoms with Crippen molar-refractivity contribution in [3.63, 3.8) is 0 Å². The van der Waals surface area contributed by atoms with Crippen molar-refractivity contribution >= 4 is 62.1 Å². The summed E-state index contributed by atoms with van der Waals surface area (Å²) < 4.78 is 33.0. The molecule has 0 saturated carbocycles. The molecule has 3 aromatic rings. The van der Waals surface area contributed by atoms with Crippen molar-refractivity contribution in [1.29, 1.82) is 0 Å². The van der Waals surface area contributed by atoms with Crippen molar-refractivity contribution in [2.24, 2.45) is 0 Å². The Morgan fingerprint density at radius 3 is 2.29 bits per heavy atom. The number of carbonyl (C=O) groups excluding carboxylic acids is 1. The van der Waals surface area contributed by atoms with Gasteiger partial charge in [-0.25, -0.2) is 8.42 Å². The molecule has 0 bridgehead atoms. The van der Waals surface area contributed by atoms with E-state index in [1.54, 1.807) is 18.2 Å². The monoisotopic (exact) mass is 498 g/mol. The molecule has 0 aliphatic heterocycles. The van der Waals surface area contributed by atoms with Gasteiger partial charge in [-0.05, 0) is 61.0 Å². The van der Waals surface area contributed by atoms with E-state index >= 15 is 0 Å². The zero-order valence-electron chi connectivity index (χ0n) is 16.2. The van der Waals surface area contributed by atoms with Gasteiger partial charge in [0.15, 0.2) is 6.61 Å². The lowest BCUT2D eigenvalue weighted by atomic mass is 10.2. The second kappa shape index (κ2) is 9.78. The van der Waals surface area contributed by atoms with Crippen molar-refractivity contribution in [3.8, 4) is 5.75 Å². The second-order valence-electron chi connectivity index (χ2n) is 6.53. The highest BCUT2D eigenvalue weighted by atomic mass is 35.5. The zero-order chi connectivity index (χ0) is 22.6. The lowest BCUT2D eigenvalue weighted by Crippen LogP contribution is -2.20. The Labute approximate surface area is 195 Å². The lowest BCUT2D eigenvalue weighted by molar-refractivity contribution is -0.118. The highest BCUT2D eigenvalue weighted by Crippen LogP contribution is 2.32. The van der Waals surface area contributed by atoms with Gasteiger partial charge in [-0.3, -0.25) is 9.52 Å². The summed E-state index contributed by atoms with van der Waals surface area (Å²) >= 11 is 17.8. The molecule has 31 heavy (non-hydrogen) atoms. The molecule has 2 N–H and O–H groups in total. The standard InChI is InChI=1S/C21H17Cl3N2O4S/c1-13-3-2-4-14(9-13)26-31(28,29)16-7-5-15(6-8-16)30-12-21(27)25-20-11-18(23)17(22)10-19(20)24/h2-11,26H,12H2,1H3,(H,25,27). The van der Waals surface area contributed by atoms with E-state index in [2.05, 4.69) is 10.0 Å². The molecule has 0 heterocycles. The van der Waals surface area contributed by atoms with E-state index in [1.165, 1.54) is 36.4 Å². The van der Waals surface area contributed by atoms with Crippen LogP contribution in [-0.4, -0.2) is 20.9 Å². The van der Waals surface area contributed by atoms with Crippen LogP contribution in [0, 0.1) is 6.92 Å². The number of carbonyl (C=O) groups is 1. The Balaban J connectivity index is 1.60. The Hall–Kier alpha value is -2.45. The number of rotatable bonds is 7. The molecule has 0 spiro atoms. The SMILES string of the molecule is Cc1cccc(NS(=O)(=O)c2ccc(OCC(=O)Nc3cc(Cl)c(Cl)cc3Cl)cc2)c1. The van der Waals surface area contributed by atoms with Gasteiger partial charge in [0.05, 0.1) is 25.7 Å². The molecule has 0 unspecified atom stereocenters. The predicted octanol–water partition coefficient (Wildman–Crippen LogP) is 5.77. The summed E-state index contributed by atoms with van der Waals surface area (Å²) in [4.78, 5) is 12.2. The Morgan fingerprint density at radius 2 is 1.61 bits per heavy atom. The summed E-state index contributed by atoms with van der Waals surface area (Å²) in [5.41, 5.74) is 1.70. The Bertz CT molecular complexity index is 1220. The van der Waals surface area contributed by atoms with Crippen molar-refractivity contribution in [3.05, 3.63) is 81.3 Å². The molecular formula is C21H17Cl3N2O4S. The molecule has 162 valence electrons. The van der Waals surface area contributed by atoms with Crippen LogP contribution in [0.25, 0.3) is 0 Å². The van der Waals surface area contributed by atoms with E-state index in [4.69, 9.17) is 39.5 Å². The number of amides is 1. The van der Waals surface area contributed by atoms with Gasteiger partial charge >= 0.3 is 0 Å². The van der Waals surface area contributed by atoms with E-state index in [0.717, 1.165) is 5.56 Å². The summed E-state index contributed by atoms with van der Waals surface area (Å²) in [7, 11) is -3.75. The molecule has 0 saturated heterocycles. The van der Waals surface area contributed by atoms with Gasteiger partial charge in [-0.1, -0.05) is 46.9 Å². The topological polar surface area (TPSA) is 84.5 Å². The number of aryl methyl sites for hydroxylation is 1. The van der Waals surface area contributed by atoms with Crippen LogP contribution in [0.2, 0.25) is 15.1 Å². The minimum Gasteiger partial charge on any atom is -0.484 e. The van der Waals surface area contributed by atoms with E-state index in [-0.39, 0.29) is 26.6 Å². The zero-order valence-corrected chi connectivity index (χ0v) is 19.2. The first-order chi connectivity index (χ1) is 14.6. The normalized spacial score (nSPS) is 11.1. The van der Waals surface area contributed by atoms with Gasteiger partial charge in [-0.2, -0.15) is 0 Å². The molecule has 1 amide bonds. The van der Waals surface area contributed by atoms with Crippen LogP contribution in [0.5, 0.6) is 5.75 Å². The Kier molecular flexibility index (Phi) is 7.33. The maximum atomic E-state index is 12.5. The predicted molar refractivity (Wildman–Crippen MR) is 124 cm³/mol. The molecule has 6 nitrogen and oxygen atoms in total. The van der Waals surface area contributed by atoms with E-state index < -0.39 is 15.9 Å². The number of hydrogen-bond acceptors (Lipinski definition) is 4. The number of nitrogens with one attached hydrogen (secondary N) is 2. The van der Waals surface area contributed by atoms with Crippen molar-refractivity contribution in [2.75, 3.05) is 16.6 Å². The van der Waals surface area contributed by atoms with Crippen LogP contribution in [-0.2, 0) is 14.8 Å². The molecular weight excluding hydrogens is 483 g/mol. The summed E-state index contributed by atoms with van der Waals surface area (Å²) in [5.74, 6) is -0.150. The third-order valence-corrected chi connectivity index (χ3v) is 6.49. The summed E-state index contributed by atoms with van der Waals surface area (Å²) in [6.45, 7) is 1.56. The minimum absolute atomic E-state index is 0.0633.